The van der Waals surface area contributed by atoms with Gasteiger partial charge in [-0.2, -0.15) is 0 Å². The summed E-state index contributed by atoms with van der Waals surface area (Å²) in [4.78, 5) is 49.4. The third-order valence-corrected chi connectivity index (χ3v) is 6.08. The lowest BCUT2D eigenvalue weighted by Gasteiger charge is -2.26. The van der Waals surface area contributed by atoms with Gasteiger partial charge in [-0.3, -0.25) is 25.0 Å². The van der Waals surface area contributed by atoms with Gasteiger partial charge in [-0.25, -0.2) is 9.69 Å². The molecule has 0 radical (unpaired) electrons. The number of barbiturate groups is 1. The Kier molecular flexibility index (Phi) is 7.39. The molecule has 0 atom stereocenters. The fourth-order valence-electron chi connectivity index (χ4n) is 3.35. The van der Waals surface area contributed by atoms with Crippen LogP contribution in [0.1, 0.15) is 11.1 Å². The topological polar surface area (TPSA) is 119 Å². The highest BCUT2D eigenvalue weighted by Crippen LogP contribution is 2.35. The van der Waals surface area contributed by atoms with Crippen molar-refractivity contribution >= 4 is 74.4 Å². The number of benzene rings is 3. The Hall–Kier alpha value is -3.73. The Balaban J connectivity index is 1.67. The van der Waals surface area contributed by atoms with Gasteiger partial charge < -0.3 is 4.74 Å². The number of halogens is 3. The van der Waals surface area contributed by atoms with Gasteiger partial charge in [0.05, 0.1) is 15.6 Å². The van der Waals surface area contributed by atoms with E-state index in [2.05, 4.69) is 21.2 Å². The molecule has 36 heavy (non-hydrogen) atoms. The molecule has 1 fully saturated rings. The fraction of sp³-hybridized carbons (Fsp3) is 0.0417. The van der Waals surface area contributed by atoms with Crippen LogP contribution in [0.2, 0.25) is 10.0 Å². The summed E-state index contributed by atoms with van der Waals surface area (Å²) in [6.45, 7) is -0.0147. The van der Waals surface area contributed by atoms with Gasteiger partial charge in [0.15, 0.2) is 0 Å². The first-order valence-electron chi connectivity index (χ1n) is 10.2. The smallest absolute Gasteiger partial charge is 0.335 e. The number of nitro benzene ring substituents is 1. The van der Waals surface area contributed by atoms with Gasteiger partial charge >= 0.3 is 6.03 Å². The molecule has 4 amide bonds. The number of non-ortho nitro benzene ring substituents is 1. The SMILES string of the molecule is O=C1NC(=O)N(c2ccc(Br)cc2)C(=O)/C1=C/c1cc(Cl)cc(Cl)c1OCc1ccc([N+](=O)[O-])cc1. The summed E-state index contributed by atoms with van der Waals surface area (Å²) >= 11 is 15.8. The average molecular weight is 591 g/mol. The van der Waals surface area contributed by atoms with Crippen molar-refractivity contribution in [1.82, 2.24) is 5.32 Å². The number of hydrogen-bond donors (Lipinski definition) is 1. The number of carbonyl (C=O) groups excluding carboxylic acids is 3. The molecular weight excluding hydrogens is 577 g/mol. The zero-order chi connectivity index (χ0) is 26.0. The van der Waals surface area contributed by atoms with Crippen LogP contribution in [-0.2, 0) is 16.2 Å². The van der Waals surface area contributed by atoms with Gasteiger partial charge in [-0.15, -0.1) is 0 Å². The van der Waals surface area contributed by atoms with Crippen molar-refractivity contribution in [3.05, 3.63) is 102 Å². The average Bonchev–Trinajstić information content (AvgIpc) is 2.82. The highest BCUT2D eigenvalue weighted by atomic mass is 79.9. The Morgan fingerprint density at radius 1 is 1.03 bits per heavy atom. The minimum Gasteiger partial charge on any atom is -0.487 e. The molecule has 9 nitrogen and oxygen atoms in total. The summed E-state index contributed by atoms with van der Waals surface area (Å²) < 4.78 is 6.58. The second-order valence-electron chi connectivity index (χ2n) is 7.45. The van der Waals surface area contributed by atoms with Crippen molar-refractivity contribution in [2.24, 2.45) is 0 Å². The van der Waals surface area contributed by atoms with Gasteiger partial charge in [-0.05, 0) is 60.2 Å². The standard InChI is InChI=1S/C24H14BrCl2N3O6/c25-15-3-7-17(8-4-15)29-23(32)19(22(31)28-24(29)33)10-14-9-16(26)11-20(27)21(14)36-12-13-1-5-18(6-2-13)30(34)35/h1-11H,12H2,(H,28,31,33)/b19-10+. The number of carbonyl (C=O) groups is 3. The molecule has 0 bridgehead atoms. The third kappa shape index (κ3) is 5.40. The van der Waals surface area contributed by atoms with Crippen molar-refractivity contribution in [3.63, 3.8) is 0 Å². The van der Waals surface area contributed by atoms with Crippen molar-refractivity contribution in [2.75, 3.05) is 4.90 Å². The molecule has 1 saturated heterocycles. The van der Waals surface area contributed by atoms with E-state index in [9.17, 15) is 24.5 Å². The zero-order valence-electron chi connectivity index (χ0n) is 18.0. The molecular formula is C24H14BrCl2N3O6. The van der Waals surface area contributed by atoms with E-state index in [1.807, 2.05) is 0 Å². The number of ether oxygens (including phenoxy) is 1. The van der Waals surface area contributed by atoms with Crippen molar-refractivity contribution in [3.8, 4) is 5.75 Å². The maximum Gasteiger partial charge on any atom is 0.335 e. The van der Waals surface area contributed by atoms with Gasteiger partial charge in [0.1, 0.15) is 17.9 Å². The molecule has 3 aromatic rings. The van der Waals surface area contributed by atoms with E-state index in [-0.39, 0.29) is 44.9 Å². The van der Waals surface area contributed by atoms with Crippen LogP contribution in [0.15, 0.2) is 70.7 Å². The van der Waals surface area contributed by atoms with Crippen LogP contribution in [0.25, 0.3) is 6.08 Å². The summed E-state index contributed by atoms with van der Waals surface area (Å²) in [5.41, 5.74) is 0.691. The predicted octanol–water partition coefficient (Wildman–Crippen LogP) is 5.91. The molecule has 0 aliphatic carbocycles. The maximum absolute atomic E-state index is 13.2. The molecule has 1 N–H and O–H groups in total. The first-order valence-corrected chi connectivity index (χ1v) is 11.7. The summed E-state index contributed by atoms with van der Waals surface area (Å²) in [7, 11) is 0. The van der Waals surface area contributed by atoms with Crippen LogP contribution in [-0.4, -0.2) is 22.8 Å². The molecule has 1 aliphatic heterocycles. The number of rotatable bonds is 6. The van der Waals surface area contributed by atoms with Gasteiger partial charge in [0.2, 0.25) is 0 Å². The molecule has 1 aliphatic rings. The summed E-state index contributed by atoms with van der Waals surface area (Å²) in [5.74, 6) is -1.61. The number of imide groups is 2. The first-order chi connectivity index (χ1) is 17.1. The Bertz CT molecular complexity index is 1430. The fourth-order valence-corrected chi connectivity index (χ4v) is 4.17. The molecule has 3 aromatic carbocycles. The first kappa shape index (κ1) is 25.4. The van der Waals surface area contributed by atoms with Gasteiger partial charge in [0, 0.05) is 27.2 Å². The normalized spacial score (nSPS) is 14.7. The van der Waals surface area contributed by atoms with Crippen LogP contribution >= 0.6 is 39.1 Å². The number of hydrogen-bond acceptors (Lipinski definition) is 6. The zero-order valence-corrected chi connectivity index (χ0v) is 21.1. The number of amides is 4. The predicted molar refractivity (Wildman–Crippen MR) is 137 cm³/mol. The number of nitro groups is 1. The van der Waals surface area contributed by atoms with Crippen LogP contribution in [0.5, 0.6) is 5.75 Å². The van der Waals surface area contributed by atoms with Crippen molar-refractivity contribution < 1.29 is 24.0 Å². The molecule has 0 unspecified atom stereocenters. The highest BCUT2D eigenvalue weighted by Gasteiger charge is 2.37. The number of urea groups is 1. The van der Waals surface area contributed by atoms with E-state index in [1.165, 1.54) is 42.5 Å². The molecule has 0 spiro atoms. The molecule has 1 heterocycles. The monoisotopic (exact) mass is 589 g/mol. The van der Waals surface area contributed by atoms with E-state index in [4.69, 9.17) is 27.9 Å². The molecule has 12 heteroatoms. The number of anilines is 1. The Morgan fingerprint density at radius 2 is 1.69 bits per heavy atom. The summed E-state index contributed by atoms with van der Waals surface area (Å²) in [6, 6.07) is 14.1. The lowest BCUT2D eigenvalue weighted by atomic mass is 10.1. The van der Waals surface area contributed by atoms with E-state index in [1.54, 1.807) is 24.3 Å². The Morgan fingerprint density at radius 3 is 2.33 bits per heavy atom. The highest BCUT2D eigenvalue weighted by molar-refractivity contribution is 9.10. The second kappa shape index (κ2) is 10.5. The second-order valence-corrected chi connectivity index (χ2v) is 9.21. The van der Waals surface area contributed by atoms with Crippen LogP contribution in [0.4, 0.5) is 16.2 Å². The Labute approximate surface area is 222 Å². The maximum atomic E-state index is 13.2. The van der Waals surface area contributed by atoms with E-state index < -0.39 is 22.8 Å². The van der Waals surface area contributed by atoms with E-state index in [0.29, 0.717) is 5.56 Å². The van der Waals surface area contributed by atoms with Crippen LogP contribution in [0.3, 0.4) is 0 Å². The number of nitrogens with zero attached hydrogens (tertiary/aromatic N) is 2. The van der Waals surface area contributed by atoms with Crippen LogP contribution < -0.4 is 15.0 Å². The van der Waals surface area contributed by atoms with E-state index >= 15 is 0 Å². The quantitative estimate of drug-likeness (QED) is 0.165. The summed E-state index contributed by atoms with van der Waals surface area (Å²) in [6.07, 6.45) is 1.24. The van der Waals surface area contributed by atoms with Crippen molar-refractivity contribution in [1.29, 1.82) is 0 Å². The number of nitrogens with one attached hydrogen (secondary N) is 1. The van der Waals surface area contributed by atoms with E-state index in [0.717, 1.165) is 9.37 Å². The lowest BCUT2D eigenvalue weighted by molar-refractivity contribution is -0.384. The molecule has 4 rings (SSSR count). The molecule has 0 saturated carbocycles. The molecule has 0 aromatic heterocycles. The van der Waals surface area contributed by atoms with Crippen LogP contribution in [0, 0.1) is 10.1 Å². The molecule has 182 valence electrons. The minimum absolute atomic E-state index is 0.0147. The lowest BCUT2D eigenvalue weighted by Crippen LogP contribution is -2.54. The van der Waals surface area contributed by atoms with Gasteiger partial charge in [0.25, 0.3) is 17.5 Å². The minimum atomic E-state index is -0.893. The van der Waals surface area contributed by atoms with Gasteiger partial charge in [-0.1, -0.05) is 39.1 Å². The largest absolute Gasteiger partial charge is 0.487 e. The summed E-state index contributed by atoms with van der Waals surface area (Å²) in [5, 5.41) is 13.3. The van der Waals surface area contributed by atoms with Crippen molar-refractivity contribution in [2.45, 2.75) is 6.61 Å². The third-order valence-electron chi connectivity index (χ3n) is 5.05.